The summed E-state index contributed by atoms with van der Waals surface area (Å²) in [6.07, 6.45) is 1.76. The van der Waals surface area contributed by atoms with Gasteiger partial charge in [-0.1, -0.05) is 6.92 Å². The Hall–Kier alpha value is -1.08. The number of halogens is 2. The summed E-state index contributed by atoms with van der Waals surface area (Å²) in [5.41, 5.74) is 0.795. The van der Waals surface area contributed by atoms with Crippen molar-refractivity contribution in [3.05, 3.63) is 18.3 Å². The van der Waals surface area contributed by atoms with Crippen LogP contribution in [0.2, 0.25) is 0 Å². The molecule has 3 heterocycles. The van der Waals surface area contributed by atoms with Gasteiger partial charge in [0, 0.05) is 25.2 Å². The highest BCUT2D eigenvalue weighted by atomic mass is 35.5. The van der Waals surface area contributed by atoms with Crippen LogP contribution in [-0.2, 0) is 9.53 Å². The Kier molecular flexibility index (Phi) is 8.05. The number of aromatic nitrogens is 1. The first-order valence-corrected chi connectivity index (χ1v) is 7.55. The molecular weight excluding hydrogens is 339 g/mol. The molecule has 2 aliphatic heterocycles. The number of rotatable bonds is 4. The van der Waals surface area contributed by atoms with E-state index in [0.29, 0.717) is 19.1 Å². The van der Waals surface area contributed by atoms with E-state index in [9.17, 15) is 4.79 Å². The summed E-state index contributed by atoms with van der Waals surface area (Å²) in [5, 5.41) is 6.25. The maximum Gasteiger partial charge on any atom is 0.227 e. The van der Waals surface area contributed by atoms with Gasteiger partial charge in [0.1, 0.15) is 0 Å². The lowest BCUT2D eigenvalue weighted by Crippen LogP contribution is -2.48. The standard InChI is InChI=1S/C15H22N4O2.2ClH/c1-11(12-9-16-10-12)15(20)18-13-3-2-4-17-14(13)19-5-7-21-8-6-19;;/h2-4,11-12,16H,5-10H2,1H3,(H,18,20);2*1H. The molecule has 1 amide bonds. The number of pyridine rings is 1. The van der Waals surface area contributed by atoms with Crippen LogP contribution in [0.5, 0.6) is 0 Å². The van der Waals surface area contributed by atoms with Gasteiger partial charge in [0.05, 0.1) is 18.9 Å². The second-order valence-electron chi connectivity index (χ2n) is 5.67. The van der Waals surface area contributed by atoms with Gasteiger partial charge in [0.15, 0.2) is 5.82 Å². The van der Waals surface area contributed by atoms with Gasteiger partial charge in [-0.3, -0.25) is 4.79 Å². The smallest absolute Gasteiger partial charge is 0.227 e. The Balaban J connectivity index is 0.00000132. The largest absolute Gasteiger partial charge is 0.378 e. The monoisotopic (exact) mass is 362 g/mol. The lowest BCUT2D eigenvalue weighted by atomic mass is 9.88. The number of carbonyl (C=O) groups is 1. The zero-order valence-electron chi connectivity index (χ0n) is 13.2. The highest BCUT2D eigenvalue weighted by Gasteiger charge is 2.29. The predicted molar refractivity (Wildman–Crippen MR) is 95.9 cm³/mol. The fraction of sp³-hybridized carbons (Fsp3) is 0.600. The molecule has 1 unspecified atom stereocenters. The van der Waals surface area contributed by atoms with E-state index in [-0.39, 0.29) is 36.6 Å². The zero-order valence-corrected chi connectivity index (χ0v) is 14.8. The van der Waals surface area contributed by atoms with E-state index < -0.39 is 0 Å². The summed E-state index contributed by atoms with van der Waals surface area (Å²) >= 11 is 0. The lowest BCUT2D eigenvalue weighted by Gasteiger charge is -2.32. The van der Waals surface area contributed by atoms with Gasteiger partial charge in [0.2, 0.25) is 5.91 Å². The van der Waals surface area contributed by atoms with Crippen molar-refractivity contribution in [2.45, 2.75) is 6.92 Å². The van der Waals surface area contributed by atoms with Crippen LogP contribution in [-0.4, -0.2) is 50.3 Å². The van der Waals surface area contributed by atoms with Gasteiger partial charge in [-0.15, -0.1) is 24.8 Å². The molecule has 1 aromatic rings. The number of carbonyl (C=O) groups excluding carboxylic acids is 1. The molecule has 0 aliphatic carbocycles. The predicted octanol–water partition coefficient (Wildman–Crippen LogP) is 1.56. The van der Waals surface area contributed by atoms with Crippen LogP contribution in [0, 0.1) is 11.8 Å². The first kappa shape index (κ1) is 20.0. The van der Waals surface area contributed by atoms with E-state index in [0.717, 1.165) is 37.7 Å². The molecule has 0 spiro atoms. The average Bonchev–Trinajstić information content (AvgIpc) is 2.47. The summed E-state index contributed by atoms with van der Waals surface area (Å²) < 4.78 is 5.37. The minimum atomic E-state index is 0. The van der Waals surface area contributed by atoms with Crippen LogP contribution < -0.4 is 15.5 Å². The van der Waals surface area contributed by atoms with Crippen molar-refractivity contribution in [3.8, 4) is 0 Å². The van der Waals surface area contributed by atoms with Crippen molar-refractivity contribution < 1.29 is 9.53 Å². The molecule has 1 aromatic heterocycles. The van der Waals surface area contributed by atoms with E-state index in [4.69, 9.17) is 4.74 Å². The summed E-state index contributed by atoms with van der Waals surface area (Å²) in [6, 6.07) is 3.77. The van der Waals surface area contributed by atoms with Gasteiger partial charge in [-0.25, -0.2) is 4.98 Å². The zero-order chi connectivity index (χ0) is 14.7. The quantitative estimate of drug-likeness (QED) is 0.850. The van der Waals surface area contributed by atoms with Crippen molar-refractivity contribution in [2.75, 3.05) is 49.6 Å². The Bertz CT molecular complexity index is 508. The fourth-order valence-electron chi connectivity index (χ4n) is 2.65. The van der Waals surface area contributed by atoms with Gasteiger partial charge in [0.25, 0.3) is 0 Å². The lowest BCUT2D eigenvalue weighted by molar-refractivity contribution is -0.121. The number of ether oxygens (including phenoxy) is 1. The first-order chi connectivity index (χ1) is 10.3. The molecule has 2 aliphatic rings. The van der Waals surface area contributed by atoms with Crippen LogP contribution in [0.1, 0.15) is 6.92 Å². The van der Waals surface area contributed by atoms with E-state index in [1.165, 1.54) is 0 Å². The number of morpholine rings is 1. The number of nitrogens with zero attached hydrogens (tertiary/aromatic N) is 2. The average molecular weight is 363 g/mol. The van der Waals surface area contributed by atoms with E-state index in [1.54, 1.807) is 6.20 Å². The Morgan fingerprint density at radius 3 is 2.70 bits per heavy atom. The minimum Gasteiger partial charge on any atom is -0.378 e. The topological polar surface area (TPSA) is 66.5 Å². The van der Waals surface area contributed by atoms with E-state index in [2.05, 4.69) is 20.5 Å². The van der Waals surface area contributed by atoms with Crippen LogP contribution >= 0.6 is 24.8 Å². The third-order valence-corrected chi connectivity index (χ3v) is 4.29. The minimum absolute atomic E-state index is 0. The fourth-order valence-corrected chi connectivity index (χ4v) is 2.65. The van der Waals surface area contributed by atoms with Crippen molar-refractivity contribution in [2.24, 2.45) is 11.8 Å². The highest BCUT2D eigenvalue weighted by molar-refractivity contribution is 5.95. The summed E-state index contributed by atoms with van der Waals surface area (Å²) in [5.74, 6) is 1.37. The van der Waals surface area contributed by atoms with Crippen molar-refractivity contribution >= 4 is 42.2 Å². The molecule has 0 bridgehead atoms. The molecule has 0 saturated carbocycles. The molecule has 2 N–H and O–H groups in total. The summed E-state index contributed by atoms with van der Waals surface area (Å²) in [4.78, 5) is 19.0. The van der Waals surface area contributed by atoms with E-state index >= 15 is 0 Å². The van der Waals surface area contributed by atoms with Crippen molar-refractivity contribution in [3.63, 3.8) is 0 Å². The first-order valence-electron chi connectivity index (χ1n) is 7.55. The van der Waals surface area contributed by atoms with Crippen LogP contribution in [0.25, 0.3) is 0 Å². The number of amides is 1. The number of hydrogen-bond donors (Lipinski definition) is 2. The second-order valence-corrected chi connectivity index (χ2v) is 5.67. The maximum atomic E-state index is 12.4. The normalized spacial score (nSPS) is 18.9. The third-order valence-electron chi connectivity index (χ3n) is 4.29. The molecule has 130 valence electrons. The van der Waals surface area contributed by atoms with Crippen LogP contribution in [0.15, 0.2) is 18.3 Å². The van der Waals surface area contributed by atoms with Crippen LogP contribution in [0.3, 0.4) is 0 Å². The highest BCUT2D eigenvalue weighted by Crippen LogP contribution is 2.25. The molecule has 0 aromatic carbocycles. The molecule has 23 heavy (non-hydrogen) atoms. The molecule has 2 saturated heterocycles. The number of nitrogens with one attached hydrogen (secondary N) is 2. The van der Waals surface area contributed by atoms with Gasteiger partial charge < -0.3 is 20.3 Å². The third kappa shape index (κ3) is 4.70. The van der Waals surface area contributed by atoms with Gasteiger partial charge in [-0.05, 0) is 31.1 Å². The Morgan fingerprint density at radius 1 is 1.39 bits per heavy atom. The Morgan fingerprint density at radius 2 is 2.09 bits per heavy atom. The molecule has 0 radical (unpaired) electrons. The van der Waals surface area contributed by atoms with Crippen LogP contribution in [0.4, 0.5) is 11.5 Å². The summed E-state index contributed by atoms with van der Waals surface area (Å²) in [6.45, 7) is 6.87. The molecule has 8 heteroatoms. The SMILES string of the molecule is CC(C(=O)Nc1cccnc1N1CCOCC1)C1CNC1.Cl.Cl. The molecule has 6 nitrogen and oxygen atoms in total. The second kappa shape index (κ2) is 9.27. The summed E-state index contributed by atoms with van der Waals surface area (Å²) in [7, 11) is 0. The van der Waals surface area contributed by atoms with Crippen molar-refractivity contribution in [1.82, 2.24) is 10.3 Å². The molecule has 2 fully saturated rings. The molecular formula is C15H24Cl2N4O2. The number of hydrogen-bond acceptors (Lipinski definition) is 5. The molecule has 3 rings (SSSR count). The van der Waals surface area contributed by atoms with Crippen molar-refractivity contribution in [1.29, 1.82) is 0 Å². The maximum absolute atomic E-state index is 12.4. The molecule has 1 atom stereocenters. The van der Waals surface area contributed by atoms with E-state index in [1.807, 2.05) is 19.1 Å². The van der Waals surface area contributed by atoms with Gasteiger partial charge in [-0.2, -0.15) is 0 Å². The van der Waals surface area contributed by atoms with Gasteiger partial charge >= 0.3 is 0 Å². The number of anilines is 2. The Labute approximate surface area is 149 Å².